The van der Waals surface area contributed by atoms with Crippen LogP contribution in [0.4, 0.5) is 41.6 Å². The molecule has 0 bridgehead atoms. The molecule has 2 aliphatic rings. The minimum Gasteiger partial charge on any atom is -0.352 e. The standard InChI is InChI=1S/C31H30F3N3/c1-2-18-36-19-23(20-36)21-10-12-24(13-11-21)37-28-9-4-3-8-27(28)35-30-26-7-5-6-22(16-17-31(32,33)34)25(26)14-15-29(30)37/h3-15,23,35H,2,16-20H2,1H3. The summed E-state index contributed by atoms with van der Waals surface area (Å²) in [6.45, 7) is 5.62. The fourth-order valence-corrected chi connectivity index (χ4v) is 5.72. The lowest BCUT2D eigenvalue weighted by Gasteiger charge is -2.40. The van der Waals surface area contributed by atoms with Crippen molar-refractivity contribution in [3.05, 3.63) is 90.0 Å². The van der Waals surface area contributed by atoms with Gasteiger partial charge >= 0.3 is 6.18 Å². The van der Waals surface area contributed by atoms with Crippen LogP contribution >= 0.6 is 0 Å². The minimum absolute atomic E-state index is 0.0295. The first-order valence-electron chi connectivity index (χ1n) is 13.0. The number of aryl methyl sites for hydroxylation is 1. The number of halogens is 3. The van der Waals surface area contributed by atoms with Crippen LogP contribution in [0.5, 0.6) is 0 Å². The van der Waals surface area contributed by atoms with E-state index in [9.17, 15) is 13.2 Å². The van der Waals surface area contributed by atoms with Gasteiger partial charge in [0.25, 0.3) is 0 Å². The molecule has 0 radical (unpaired) electrons. The molecule has 0 aliphatic carbocycles. The Labute approximate surface area is 215 Å². The number of benzene rings is 4. The highest BCUT2D eigenvalue weighted by molar-refractivity contribution is 6.09. The molecule has 1 fully saturated rings. The third kappa shape index (κ3) is 4.55. The predicted molar refractivity (Wildman–Crippen MR) is 146 cm³/mol. The van der Waals surface area contributed by atoms with Gasteiger partial charge in [0.2, 0.25) is 0 Å². The maximum Gasteiger partial charge on any atom is 0.389 e. The van der Waals surface area contributed by atoms with Crippen LogP contribution in [0.3, 0.4) is 0 Å². The lowest BCUT2D eigenvalue weighted by Crippen LogP contribution is -2.45. The Hall–Kier alpha value is -3.51. The van der Waals surface area contributed by atoms with Gasteiger partial charge in [0, 0.05) is 36.5 Å². The van der Waals surface area contributed by atoms with E-state index in [-0.39, 0.29) is 6.42 Å². The van der Waals surface area contributed by atoms with E-state index in [4.69, 9.17) is 0 Å². The molecular weight excluding hydrogens is 471 g/mol. The van der Waals surface area contributed by atoms with Crippen LogP contribution in [-0.2, 0) is 6.42 Å². The Kier molecular flexibility index (Phi) is 6.07. The van der Waals surface area contributed by atoms with Crippen molar-refractivity contribution in [1.82, 2.24) is 4.90 Å². The fraction of sp³-hybridized carbons (Fsp3) is 0.290. The van der Waals surface area contributed by atoms with Gasteiger partial charge in [-0.05, 0) is 66.2 Å². The predicted octanol–water partition coefficient (Wildman–Crippen LogP) is 8.67. The van der Waals surface area contributed by atoms with Crippen LogP contribution in [0.25, 0.3) is 10.8 Å². The summed E-state index contributed by atoms with van der Waals surface area (Å²) in [6.07, 6.45) is -3.84. The second kappa shape index (κ2) is 9.42. The van der Waals surface area contributed by atoms with Crippen LogP contribution in [0.1, 0.15) is 36.8 Å². The van der Waals surface area contributed by atoms with E-state index in [1.54, 1.807) is 6.07 Å². The van der Waals surface area contributed by atoms with E-state index in [0.29, 0.717) is 11.5 Å². The molecule has 0 spiro atoms. The lowest BCUT2D eigenvalue weighted by molar-refractivity contribution is -0.133. The van der Waals surface area contributed by atoms with Crippen LogP contribution in [0.15, 0.2) is 78.9 Å². The summed E-state index contributed by atoms with van der Waals surface area (Å²) in [5.41, 5.74) is 7.08. The van der Waals surface area contributed by atoms with Gasteiger partial charge in [-0.3, -0.25) is 0 Å². The van der Waals surface area contributed by atoms with Crippen LogP contribution in [0.2, 0.25) is 0 Å². The highest BCUT2D eigenvalue weighted by Gasteiger charge is 2.30. The molecule has 0 aromatic heterocycles. The summed E-state index contributed by atoms with van der Waals surface area (Å²) >= 11 is 0. The van der Waals surface area contributed by atoms with Crippen LogP contribution < -0.4 is 10.2 Å². The largest absolute Gasteiger partial charge is 0.389 e. The molecule has 1 saturated heterocycles. The molecule has 0 amide bonds. The molecule has 0 unspecified atom stereocenters. The number of fused-ring (bicyclic) bond motifs is 4. The van der Waals surface area contributed by atoms with Crippen LogP contribution in [-0.4, -0.2) is 30.7 Å². The van der Waals surface area contributed by atoms with Crippen molar-refractivity contribution in [1.29, 1.82) is 0 Å². The average Bonchev–Trinajstić information content (AvgIpc) is 2.87. The number of hydrogen-bond donors (Lipinski definition) is 1. The summed E-state index contributed by atoms with van der Waals surface area (Å²) < 4.78 is 38.9. The van der Waals surface area contributed by atoms with Gasteiger partial charge in [-0.2, -0.15) is 13.2 Å². The molecule has 0 atom stereocenters. The molecule has 0 saturated carbocycles. The number of rotatable bonds is 6. The fourth-order valence-electron chi connectivity index (χ4n) is 5.72. The van der Waals surface area contributed by atoms with Gasteiger partial charge in [0.1, 0.15) is 0 Å². The highest BCUT2D eigenvalue weighted by Crippen LogP contribution is 2.50. The average molecular weight is 502 g/mol. The van der Waals surface area contributed by atoms with Gasteiger partial charge in [0.15, 0.2) is 0 Å². The van der Waals surface area contributed by atoms with E-state index >= 15 is 0 Å². The number of para-hydroxylation sites is 2. The summed E-state index contributed by atoms with van der Waals surface area (Å²) in [4.78, 5) is 4.74. The molecule has 4 aromatic carbocycles. The number of nitrogens with one attached hydrogen (secondary N) is 1. The molecule has 1 N–H and O–H groups in total. The Morgan fingerprint density at radius 1 is 0.838 bits per heavy atom. The molecule has 3 nitrogen and oxygen atoms in total. The van der Waals surface area contributed by atoms with Crippen molar-refractivity contribution >= 4 is 39.2 Å². The number of alkyl halides is 3. The monoisotopic (exact) mass is 501 g/mol. The molecule has 37 heavy (non-hydrogen) atoms. The molecule has 190 valence electrons. The third-order valence-corrected chi connectivity index (χ3v) is 7.57. The van der Waals surface area contributed by atoms with Crippen molar-refractivity contribution in [3.8, 4) is 0 Å². The Morgan fingerprint density at radius 2 is 1.62 bits per heavy atom. The molecule has 2 heterocycles. The van der Waals surface area contributed by atoms with E-state index in [2.05, 4.69) is 52.4 Å². The van der Waals surface area contributed by atoms with Gasteiger partial charge in [-0.15, -0.1) is 0 Å². The maximum absolute atomic E-state index is 13.0. The lowest BCUT2D eigenvalue weighted by atomic mass is 9.91. The maximum atomic E-state index is 13.0. The summed E-state index contributed by atoms with van der Waals surface area (Å²) in [5.74, 6) is 0.585. The molecule has 6 rings (SSSR count). The van der Waals surface area contributed by atoms with E-state index < -0.39 is 12.6 Å². The Morgan fingerprint density at radius 3 is 2.38 bits per heavy atom. The van der Waals surface area contributed by atoms with E-state index in [0.717, 1.165) is 58.8 Å². The summed E-state index contributed by atoms with van der Waals surface area (Å²) in [6, 6.07) is 26.7. The molecule has 4 aromatic rings. The van der Waals surface area contributed by atoms with Crippen molar-refractivity contribution < 1.29 is 13.2 Å². The Bertz CT molecular complexity index is 1420. The molecular formula is C31H30F3N3. The van der Waals surface area contributed by atoms with Crippen LogP contribution in [0, 0.1) is 0 Å². The van der Waals surface area contributed by atoms with Crippen molar-refractivity contribution in [2.75, 3.05) is 29.9 Å². The topological polar surface area (TPSA) is 18.5 Å². The van der Waals surface area contributed by atoms with Crippen molar-refractivity contribution in [3.63, 3.8) is 0 Å². The zero-order valence-corrected chi connectivity index (χ0v) is 20.9. The molecule has 2 aliphatic heterocycles. The number of likely N-dealkylation sites (tertiary alicyclic amines) is 1. The number of nitrogens with zero attached hydrogens (tertiary/aromatic N) is 2. The van der Waals surface area contributed by atoms with E-state index in [1.807, 2.05) is 42.5 Å². The summed E-state index contributed by atoms with van der Waals surface area (Å²) in [7, 11) is 0. The van der Waals surface area contributed by atoms with Gasteiger partial charge in [0.05, 0.1) is 22.7 Å². The first-order valence-corrected chi connectivity index (χ1v) is 13.0. The second-order valence-electron chi connectivity index (χ2n) is 10.1. The minimum atomic E-state index is -4.18. The first kappa shape index (κ1) is 23.9. The Balaban J connectivity index is 1.38. The first-order chi connectivity index (χ1) is 17.9. The number of hydrogen-bond acceptors (Lipinski definition) is 3. The van der Waals surface area contributed by atoms with Crippen molar-refractivity contribution in [2.45, 2.75) is 38.3 Å². The summed E-state index contributed by atoms with van der Waals surface area (Å²) in [5, 5.41) is 5.36. The number of anilines is 5. The van der Waals surface area contributed by atoms with Gasteiger partial charge in [-0.1, -0.05) is 55.5 Å². The smallest absolute Gasteiger partial charge is 0.352 e. The highest BCUT2D eigenvalue weighted by atomic mass is 19.4. The van der Waals surface area contributed by atoms with Crippen molar-refractivity contribution in [2.24, 2.45) is 0 Å². The normalized spacial score (nSPS) is 15.7. The third-order valence-electron chi connectivity index (χ3n) is 7.57. The quantitative estimate of drug-likeness (QED) is 0.251. The van der Waals surface area contributed by atoms with Gasteiger partial charge in [-0.25, -0.2) is 0 Å². The van der Waals surface area contributed by atoms with E-state index in [1.165, 1.54) is 12.0 Å². The second-order valence-corrected chi connectivity index (χ2v) is 10.1. The molecule has 6 heteroatoms. The van der Waals surface area contributed by atoms with Gasteiger partial charge < -0.3 is 15.1 Å². The SMILES string of the molecule is CCCN1CC(c2ccc(N3c4ccccc4Nc4c3ccc3c(CCC(F)(F)F)cccc43)cc2)C1. The zero-order chi connectivity index (χ0) is 25.6. The zero-order valence-electron chi connectivity index (χ0n) is 20.9.